The lowest BCUT2D eigenvalue weighted by atomic mass is 10.1. The first-order chi connectivity index (χ1) is 8.66. The first kappa shape index (κ1) is 12.4. The zero-order chi connectivity index (χ0) is 13.0. The summed E-state index contributed by atoms with van der Waals surface area (Å²) in [7, 11) is 0. The first-order valence-corrected chi connectivity index (χ1v) is 6.06. The standard InChI is InChI=1S/C16H17NO/c1-12-8-9-15(13(2)10-12)16(18)17-11-14-6-4-3-5-7-14/h3-10H,11H2,1-2H3,(H,17,18). The number of aryl methyl sites for hydroxylation is 2. The molecule has 18 heavy (non-hydrogen) atoms. The summed E-state index contributed by atoms with van der Waals surface area (Å²) < 4.78 is 0. The Morgan fingerprint density at radius 1 is 1.06 bits per heavy atom. The van der Waals surface area contributed by atoms with E-state index in [0.717, 1.165) is 16.7 Å². The third-order valence-electron chi connectivity index (χ3n) is 2.92. The highest BCUT2D eigenvalue weighted by Gasteiger charge is 2.08. The lowest BCUT2D eigenvalue weighted by Gasteiger charge is -2.08. The van der Waals surface area contributed by atoms with Gasteiger partial charge >= 0.3 is 0 Å². The molecule has 2 rings (SSSR count). The van der Waals surface area contributed by atoms with E-state index < -0.39 is 0 Å². The van der Waals surface area contributed by atoms with Gasteiger partial charge in [-0.2, -0.15) is 0 Å². The quantitative estimate of drug-likeness (QED) is 0.875. The van der Waals surface area contributed by atoms with Crippen molar-refractivity contribution >= 4 is 5.91 Å². The highest BCUT2D eigenvalue weighted by Crippen LogP contribution is 2.10. The first-order valence-electron chi connectivity index (χ1n) is 6.06. The number of hydrogen-bond donors (Lipinski definition) is 1. The Morgan fingerprint density at radius 3 is 2.44 bits per heavy atom. The van der Waals surface area contributed by atoms with Crippen molar-refractivity contribution < 1.29 is 4.79 Å². The van der Waals surface area contributed by atoms with E-state index in [2.05, 4.69) is 5.32 Å². The maximum Gasteiger partial charge on any atom is 0.251 e. The Labute approximate surface area is 108 Å². The zero-order valence-corrected chi connectivity index (χ0v) is 10.7. The summed E-state index contributed by atoms with van der Waals surface area (Å²) in [6.07, 6.45) is 0. The van der Waals surface area contributed by atoms with Crippen LogP contribution in [0.2, 0.25) is 0 Å². The monoisotopic (exact) mass is 239 g/mol. The van der Waals surface area contributed by atoms with Gasteiger partial charge in [0.15, 0.2) is 0 Å². The van der Waals surface area contributed by atoms with E-state index in [1.807, 2.05) is 62.4 Å². The van der Waals surface area contributed by atoms with Gasteiger partial charge in [0.05, 0.1) is 0 Å². The third kappa shape index (κ3) is 2.98. The molecule has 0 unspecified atom stereocenters. The summed E-state index contributed by atoms with van der Waals surface area (Å²) in [4.78, 5) is 12.0. The zero-order valence-electron chi connectivity index (χ0n) is 10.7. The molecule has 0 bridgehead atoms. The van der Waals surface area contributed by atoms with Gasteiger partial charge in [0.2, 0.25) is 0 Å². The molecule has 0 saturated heterocycles. The summed E-state index contributed by atoms with van der Waals surface area (Å²) in [5.41, 5.74) is 4.04. The van der Waals surface area contributed by atoms with Gasteiger partial charge in [-0.1, -0.05) is 48.0 Å². The van der Waals surface area contributed by atoms with E-state index in [-0.39, 0.29) is 5.91 Å². The SMILES string of the molecule is Cc1ccc(C(=O)NCc2ccccc2)c(C)c1. The molecule has 0 aliphatic carbocycles. The number of rotatable bonds is 3. The van der Waals surface area contributed by atoms with Crippen LogP contribution >= 0.6 is 0 Å². The molecule has 0 atom stereocenters. The fourth-order valence-electron chi connectivity index (χ4n) is 1.94. The molecule has 2 aromatic rings. The molecule has 2 aromatic carbocycles. The van der Waals surface area contributed by atoms with Crippen LogP contribution in [0, 0.1) is 13.8 Å². The highest BCUT2D eigenvalue weighted by molar-refractivity contribution is 5.95. The van der Waals surface area contributed by atoms with Crippen LogP contribution in [0.5, 0.6) is 0 Å². The second kappa shape index (κ2) is 5.50. The molecule has 0 radical (unpaired) electrons. The van der Waals surface area contributed by atoms with E-state index in [0.29, 0.717) is 6.54 Å². The largest absolute Gasteiger partial charge is 0.348 e. The van der Waals surface area contributed by atoms with Crippen molar-refractivity contribution in [3.63, 3.8) is 0 Å². The predicted molar refractivity (Wildman–Crippen MR) is 73.5 cm³/mol. The maximum atomic E-state index is 12.0. The molecule has 0 spiro atoms. The Balaban J connectivity index is 2.04. The van der Waals surface area contributed by atoms with Gasteiger partial charge in [-0.15, -0.1) is 0 Å². The number of hydrogen-bond acceptors (Lipinski definition) is 1. The molecule has 92 valence electrons. The molecule has 1 N–H and O–H groups in total. The Kier molecular flexibility index (Phi) is 3.78. The topological polar surface area (TPSA) is 29.1 Å². The van der Waals surface area contributed by atoms with E-state index in [1.54, 1.807) is 0 Å². The van der Waals surface area contributed by atoms with Crippen molar-refractivity contribution in [2.45, 2.75) is 20.4 Å². The Hall–Kier alpha value is -2.09. The minimum absolute atomic E-state index is 0.0173. The summed E-state index contributed by atoms with van der Waals surface area (Å²) >= 11 is 0. The van der Waals surface area contributed by atoms with Gasteiger partial charge in [-0.05, 0) is 31.0 Å². The number of amides is 1. The fourth-order valence-corrected chi connectivity index (χ4v) is 1.94. The average molecular weight is 239 g/mol. The minimum Gasteiger partial charge on any atom is -0.348 e. The van der Waals surface area contributed by atoms with E-state index >= 15 is 0 Å². The van der Waals surface area contributed by atoms with Crippen LogP contribution in [0.1, 0.15) is 27.0 Å². The Bertz CT molecular complexity index is 546. The van der Waals surface area contributed by atoms with Gasteiger partial charge in [0, 0.05) is 12.1 Å². The van der Waals surface area contributed by atoms with Gasteiger partial charge in [0.25, 0.3) is 5.91 Å². The van der Waals surface area contributed by atoms with Crippen molar-refractivity contribution in [2.24, 2.45) is 0 Å². The predicted octanol–water partition coefficient (Wildman–Crippen LogP) is 3.23. The lowest BCUT2D eigenvalue weighted by Crippen LogP contribution is -2.23. The van der Waals surface area contributed by atoms with Crippen LogP contribution in [0.15, 0.2) is 48.5 Å². The molecule has 0 aliphatic heterocycles. The summed E-state index contributed by atoms with van der Waals surface area (Å²) in [5, 5.41) is 2.94. The van der Waals surface area contributed by atoms with Gasteiger partial charge < -0.3 is 5.32 Å². The molecular weight excluding hydrogens is 222 g/mol. The molecule has 0 aliphatic rings. The van der Waals surface area contributed by atoms with Crippen molar-refractivity contribution in [2.75, 3.05) is 0 Å². The van der Waals surface area contributed by atoms with E-state index in [1.165, 1.54) is 5.56 Å². The maximum absolute atomic E-state index is 12.0. The van der Waals surface area contributed by atoms with Crippen LogP contribution in [-0.2, 0) is 6.54 Å². The normalized spacial score (nSPS) is 10.1. The second-order valence-corrected chi connectivity index (χ2v) is 4.49. The summed E-state index contributed by atoms with van der Waals surface area (Å²) in [5.74, 6) is -0.0173. The molecule has 0 fully saturated rings. The molecule has 0 heterocycles. The van der Waals surface area contributed by atoms with E-state index in [4.69, 9.17) is 0 Å². The lowest BCUT2D eigenvalue weighted by molar-refractivity contribution is 0.0950. The molecule has 0 aromatic heterocycles. The number of carbonyl (C=O) groups excluding carboxylic acids is 1. The second-order valence-electron chi connectivity index (χ2n) is 4.49. The minimum atomic E-state index is -0.0173. The van der Waals surface area contributed by atoms with Crippen LogP contribution in [0.25, 0.3) is 0 Å². The molecule has 2 nitrogen and oxygen atoms in total. The van der Waals surface area contributed by atoms with Crippen molar-refractivity contribution in [1.29, 1.82) is 0 Å². The average Bonchev–Trinajstić information content (AvgIpc) is 2.37. The summed E-state index contributed by atoms with van der Waals surface area (Å²) in [6, 6.07) is 15.8. The molecule has 0 saturated carbocycles. The van der Waals surface area contributed by atoms with Crippen LogP contribution in [0.4, 0.5) is 0 Å². The van der Waals surface area contributed by atoms with Crippen molar-refractivity contribution in [3.8, 4) is 0 Å². The van der Waals surface area contributed by atoms with Crippen LogP contribution in [0.3, 0.4) is 0 Å². The van der Waals surface area contributed by atoms with E-state index in [9.17, 15) is 4.79 Å². The number of nitrogens with one attached hydrogen (secondary N) is 1. The van der Waals surface area contributed by atoms with Gasteiger partial charge in [0.1, 0.15) is 0 Å². The van der Waals surface area contributed by atoms with Gasteiger partial charge in [-0.25, -0.2) is 0 Å². The smallest absolute Gasteiger partial charge is 0.251 e. The van der Waals surface area contributed by atoms with Crippen molar-refractivity contribution in [1.82, 2.24) is 5.32 Å². The van der Waals surface area contributed by atoms with Crippen molar-refractivity contribution in [3.05, 3.63) is 70.8 Å². The Morgan fingerprint density at radius 2 is 1.78 bits per heavy atom. The number of carbonyl (C=O) groups is 1. The molecule has 1 amide bonds. The third-order valence-corrected chi connectivity index (χ3v) is 2.92. The summed E-state index contributed by atoms with van der Waals surface area (Å²) in [6.45, 7) is 4.55. The fraction of sp³-hybridized carbons (Fsp3) is 0.188. The molecule has 2 heteroatoms. The van der Waals surface area contributed by atoms with Gasteiger partial charge in [-0.3, -0.25) is 4.79 Å². The van der Waals surface area contributed by atoms with Crippen LogP contribution in [-0.4, -0.2) is 5.91 Å². The highest BCUT2D eigenvalue weighted by atomic mass is 16.1. The molecular formula is C16H17NO. The number of benzene rings is 2. The van der Waals surface area contributed by atoms with Crippen LogP contribution < -0.4 is 5.32 Å².